The zero-order valence-corrected chi connectivity index (χ0v) is 6.33. The van der Waals surface area contributed by atoms with Crippen LogP contribution in [0, 0.1) is 0 Å². The van der Waals surface area contributed by atoms with Gasteiger partial charge in [-0.25, -0.2) is 0 Å². The highest BCUT2D eigenvalue weighted by molar-refractivity contribution is 8.13. The minimum absolute atomic E-state index is 0.0243. The van der Waals surface area contributed by atoms with Gasteiger partial charge in [0.25, 0.3) is 0 Å². The van der Waals surface area contributed by atoms with Crippen molar-refractivity contribution in [2.24, 2.45) is 0 Å². The summed E-state index contributed by atoms with van der Waals surface area (Å²) in [5, 5.41) is 5.20. The average Bonchev–Trinajstić information content (AvgIpc) is 2.37. The number of aromatic nitrogens is 2. The first-order valence-electron chi connectivity index (χ1n) is 2.20. The maximum Gasteiger partial charge on any atom is 0.240 e. The van der Waals surface area contributed by atoms with Crippen LogP contribution in [0.4, 0.5) is 0 Å². The van der Waals surface area contributed by atoms with Gasteiger partial charge in [-0.05, 0) is 17.8 Å². The highest BCUT2D eigenvalue weighted by Crippen LogP contribution is 2.06. The molecule has 0 amide bonds. The molecule has 1 heterocycles. The van der Waals surface area contributed by atoms with Crippen molar-refractivity contribution in [3.8, 4) is 0 Å². The fraction of sp³-hybridized carbons (Fsp3) is 0.250. The molecule has 9 heavy (non-hydrogen) atoms. The fourth-order valence-electron chi connectivity index (χ4n) is 0.358. The molecule has 0 aromatic carbocycles. The normalized spacial score (nSPS) is 9.44. The third-order valence-electron chi connectivity index (χ3n) is 0.755. The molecule has 3 nitrogen and oxygen atoms in total. The highest BCUT2D eigenvalue weighted by atomic mass is 32.2. The Morgan fingerprint density at radius 3 is 3.11 bits per heavy atom. The van der Waals surface area contributed by atoms with E-state index in [-0.39, 0.29) is 5.12 Å². The molecule has 0 fully saturated rings. The van der Waals surface area contributed by atoms with Crippen molar-refractivity contribution >= 4 is 28.4 Å². The lowest BCUT2D eigenvalue weighted by Crippen LogP contribution is -1.91. The molecule has 1 rings (SSSR count). The summed E-state index contributed by atoms with van der Waals surface area (Å²) in [4.78, 5) is 10.7. The number of carbonyl (C=O) groups excluding carboxylic acids is 1. The first kappa shape index (κ1) is 6.70. The molecule has 0 atom stereocenters. The molecule has 1 aromatic heterocycles. The largest absolute Gasteiger partial charge is 0.280 e. The number of hydrogen-bond acceptors (Lipinski definition) is 5. The zero-order valence-electron chi connectivity index (χ0n) is 4.70. The highest BCUT2D eigenvalue weighted by Gasteiger charge is 2.04. The van der Waals surface area contributed by atoms with Crippen LogP contribution in [0.15, 0.2) is 5.38 Å². The van der Waals surface area contributed by atoms with E-state index in [0.717, 1.165) is 11.8 Å². The van der Waals surface area contributed by atoms with Crippen molar-refractivity contribution in [3.05, 3.63) is 11.1 Å². The van der Waals surface area contributed by atoms with Gasteiger partial charge in [0, 0.05) is 5.38 Å². The fourth-order valence-corrected chi connectivity index (χ4v) is 1.18. The van der Waals surface area contributed by atoms with E-state index in [1.54, 1.807) is 11.6 Å². The molecule has 0 aliphatic carbocycles. The van der Waals surface area contributed by atoms with Crippen molar-refractivity contribution in [3.63, 3.8) is 0 Å². The Hall–Kier alpha value is -0.420. The Morgan fingerprint density at radius 1 is 1.89 bits per heavy atom. The standard InChI is InChI=1S/C4H4N2OS2/c1-8-4(7)3-2-9-6-5-3/h2H,1H3. The Balaban J connectivity index is 2.77. The van der Waals surface area contributed by atoms with Crippen LogP contribution in [0.1, 0.15) is 10.5 Å². The molecular formula is C4H4N2OS2. The first-order chi connectivity index (χ1) is 4.34. The summed E-state index contributed by atoms with van der Waals surface area (Å²) in [6.45, 7) is 0. The van der Waals surface area contributed by atoms with Gasteiger partial charge in [0.15, 0.2) is 5.69 Å². The van der Waals surface area contributed by atoms with Crippen molar-refractivity contribution in [1.29, 1.82) is 0 Å². The van der Waals surface area contributed by atoms with Gasteiger partial charge < -0.3 is 0 Å². The van der Waals surface area contributed by atoms with Crippen LogP contribution in [0.3, 0.4) is 0 Å². The Morgan fingerprint density at radius 2 is 2.67 bits per heavy atom. The summed E-state index contributed by atoms with van der Waals surface area (Å²) in [5.41, 5.74) is 0.451. The lowest BCUT2D eigenvalue weighted by Gasteiger charge is -1.83. The molecule has 0 saturated heterocycles. The smallest absolute Gasteiger partial charge is 0.240 e. The zero-order chi connectivity index (χ0) is 6.69. The maximum atomic E-state index is 10.7. The van der Waals surface area contributed by atoms with Gasteiger partial charge >= 0.3 is 0 Å². The Kier molecular flexibility index (Phi) is 2.18. The van der Waals surface area contributed by atoms with E-state index in [4.69, 9.17) is 0 Å². The SMILES string of the molecule is CSC(=O)c1csnn1. The van der Waals surface area contributed by atoms with Crippen LogP contribution < -0.4 is 0 Å². The molecule has 48 valence electrons. The van der Waals surface area contributed by atoms with Gasteiger partial charge in [-0.15, -0.1) is 5.10 Å². The average molecular weight is 160 g/mol. The molecule has 0 aliphatic heterocycles. The van der Waals surface area contributed by atoms with E-state index in [1.165, 1.54) is 11.5 Å². The van der Waals surface area contributed by atoms with Crippen LogP contribution >= 0.6 is 23.3 Å². The van der Waals surface area contributed by atoms with Crippen molar-refractivity contribution < 1.29 is 4.79 Å². The summed E-state index contributed by atoms with van der Waals surface area (Å²) in [6.07, 6.45) is 1.72. The first-order valence-corrected chi connectivity index (χ1v) is 4.26. The third-order valence-corrected chi connectivity index (χ3v) is 1.84. The summed E-state index contributed by atoms with van der Waals surface area (Å²) < 4.78 is 3.55. The summed E-state index contributed by atoms with van der Waals surface area (Å²) in [7, 11) is 0. The van der Waals surface area contributed by atoms with Crippen LogP contribution in [0.25, 0.3) is 0 Å². The number of rotatable bonds is 1. The van der Waals surface area contributed by atoms with Crippen LogP contribution in [0.2, 0.25) is 0 Å². The Bertz CT molecular complexity index is 196. The van der Waals surface area contributed by atoms with E-state index in [1.807, 2.05) is 0 Å². The van der Waals surface area contributed by atoms with E-state index in [9.17, 15) is 4.79 Å². The predicted octanol–water partition coefficient (Wildman–Crippen LogP) is 1.04. The number of hydrogen-bond donors (Lipinski definition) is 0. The van der Waals surface area contributed by atoms with Crippen molar-refractivity contribution in [1.82, 2.24) is 9.59 Å². The van der Waals surface area contributed by atoms with Gasteiger partial charge in [0.05, 0.1) is 0 Å². The van der Waals surface area contributed by atoms with Crippen LogP contribution in [-0.2, 0) is 0 Å². The second kappa shape index (κ2) is 2.93. The van der Waals surface area contributed by atoms with Crippen molar-refractivity contribution in [2.75, 3.05) is 6.26 Å². The number of thioether (sulfide) groups is 1. The maximum absolute atomic E-state index is 10.7. The lowest BCUT2D eigenvalue weighted by atomic mass is 10.6. The molecule has 0 spiro atoms. The molecular weight excluding hydrogens is 156 g/mol. The Labute approximate surface area is 60.6 Å². The van der Waals surface area contributed by atoms with Gasteiger partial charge in [-0.2, -0.15) is 0 Å². The minimum Gasteiger partial charge on any atom is -0.280 e. The van der Waals surface area contributed by atoms with E-state index >= 15 is 0 Å². The van der Waals surface area contributed by atoms with E-state index < -0.39 is 0 Å². The number of nitrogens with zero attached hydrogens (tertiary/aromatic N) is 2. The second-order valence-corrected chi connectivity index (χ2v) is 2.67. The quantitative estimate of drug-likeness (QED) is 0.615. The van der Waals surface area contributed by atoms with Crippen LogP contribution in [-0.4, -0.2) is 21.0 Å². The third kappa shape index (κ3) is 1.49. The van der Waals surface area contributed by atoms with Crippen LogP contribution in [0.5, 0.6) is 0 Å². The summed E-state index contributed by atoms with van der Waals surface area (Å²) in [6, 6.07) is 0. The monoisotopic (exact) mass is 160 g/mol. The van der Waals surface area contributed by atoms with E-state index in [2.05, 4.69) is 9.59 Å². The van der Waals surface area contributed by atoms with Gasteiger partial charge in [-0.1, -0.05) is 16.3 Å². The predicted molar refractivity (Wildman–Crippen MR) is 37.8 cm³/mol. The minimum atomic E-state index is -0.0243. The van der Waals surface area contributed by atoms with Gasteiger partial charge in [0.1, 0.15) is 0 Å². The molecule has 0 N–H and O–H groups in total. The van der Waals surface area contributed by atoms with Crippen molar-refractivity contribution in [2.45, 2.75) is 0 Å². The topological polar surface area (TPSA) is 42.9 Å². The van der Waals surface area contributed by atoms with Gasteiger partial charge in [0.2, 0.25) is 5.12 Å². The molecule has 1 aromatic rings. The molecule has 0 bridgehead atoms. The van der Waals surface area contributed by atoms with E-state index in [0.29, 0.717) is 5.69 Å². The summed E-state index contributed by atoms with van der Waals surface area (Å²) in [5.74, 6) is 0. The van der Waals surface area contributed by atoms with Gasteiger partial charge in [-0.3, -0.25) is 4.79 Å². The molecule has 5 heteroatoms. The molecule has 0 radical (unpaired) electrons. The summed E-state index contributed by atoms with van der Waals surface area (Å²) >= 11 is 2.34. The second-order valence-electron chi connectivity index (χ2n) is 1.28. The molecule has 0 unspecified atom stereocenters. The molecule has 0 aliphatic rings. The number of carbonyl (C=O) groups is 1. The molecule has 0 saturated carbocycles. The lowest BCUT2D eigenvalue weighted by molar-refractivity contribution is 0.108.